The molecule has 0 saturated carbocycles. The second kappa shape index (κ2) is 6.65. The van der Waals surface area contributed by atoms with Crippen LogP contribution in [0.3, 0.4) is 0 Å². The Bertz CT molecular complexity index is 709. The molecule has 1 fully saturated rings. The Balaban J connectivity index is 2.64. The first-order chi connectivity index (χ1) is 10.8. The molecular formula is C15H20N2O5S. The monoisotopic (exact) mass is 340 g/mol. The van der Waals surface area contributed by atoms with Crippen LogP contribution in [0, 0.1) is 36.7 Å². The first kappa shape index (κ1) is 18.0. The number of aromatic nitrogens is 1. The molecule has 0 aliphatic carbocycles. The molecule has 1 aliphatic rings. The molecule has 0 radical (unpaired) electrons. The fourth-order valence-electron chi connectivity index (χ4n) is 2.81. The summed E-state index contributed by atoms with van der Waals surface area (Å²) in [6, 6.07) is 2.05. The lowest BCUT2D eigenvalue weighted by Crippen LogP contribution is -2.56. The standard InChI is InChI=1S/C15H20N2O5S/c1-6-7(2)9(4-16)15(23)17(8(6)3)14-13(21)12(20)11(19)10(5-18)22-14/h10-14,18-21H,5H2,1-3H3/t10-,11-,12-,13-,14-/m1/s1. The van der Waals surface area contributed by atoms with Crippen LogP contribution in [-0.4, -0.2) is 56.0 Å². The summed E-state index contributed by atoms with van der Waals surface area (Å²) >= 11 is 5.35. The van der Waals surface area contributed by atoms with Gasteiger partial charge in [0, 0.05) is 5.69 Å². The Morgan fingerprint density at radius 1 is 1.13 bits per heavy atom. The van der Waals surface area contributed by atoms with Crippen molar-refractivity contribution in [2.24, 2.45) is 0 Å². The third-order valence-corrected chi connectivity index (χ3v) is 4.91. The van der Waals surface area contributed by atoms with E-state index in [1.165, 1.54) is 4.57 Å². The van der Waals surface area contributed by atoms with Crippen molar-refractivity contribution in [3.8, 4) is 6.07 Å². The number of aliphatic hydroxyl groups excluding tert-OH is 4. The normalized spacial score (nSPS) is 31.0. The number of rotatable bonds is 2. The van der Waals surface area contributed by atoms with E-state index in [9.17, 15) is 25.7 Å². The maximum absolute atomic E-state index is 10.3. The van der Waals surface area contributed by atoms with Crippen molar-refractivity contribution in [2.75, 3.05) is 6.61 Å². The van der Waals surface area contributed by atoms with Gasteiger partial charge >= 0.3 is 0 Å². The number of pyridine rings is 1. The molecule has 2 heterocycles. The zero-order valence-electron chi connectivity index (χ0n) is 13.1. The number of nitriles is 1. The highest BCUT2D eigenvalue weighted by Gasteiger charge is 2.44. The van der Waals surface area contributed by atoms with Crippen molar-refractivity contribution >= 4 is 12.2 Å². The minimum absolute atomic E-state index is 0.178. The highest BCUT2D eigenvalue weighted by molar-refractivity contribution is 7.71. The molecule has 8 heteroatoms. The number of nitrogens with zero attached hydrogens (tertiary/aromatic N) is 2. The van der Waals surface area contributed by atoms with E-state index in [2.05, 4.69) is 0 Å². The van der Waals surface area contributed by atoms with Gasteiger partial charge in [0.05, 0.1) is 12.2 Å². The lowest BCUT2D eigenvalue weighted by molar-refractivity contribution is -0.252. The van der Waals surface area contributed by atoms with Crippen molar-refractivity contribution in [3.05, 3.63) is 27.0 Å². The van der Waals surface area contributed by atoms with Crippen LogP contribution in [0.1, 0.15) is 28.6 Å². The van der Waals surface area contributed by atoms with Crippen LogP contribution in [0.5, 0.6) is 0 Å². The zero-order chi connectivity index (χ0) is 17.5. The quantitative estimate of drug-likeness (QED) is 0.559. The molecule has 5 atom stereocenters. The fourth-order valence-corrected chi connectivity index (χ4v) is 3.25. The van der Waals surface area contributed by atoms with Gasteiger partial charge in [-0.2, -0.15) is 5.26 Å². The molecule has 0 bridgehead atoms. The van der Waals surface area contributed by atoms with Gasteiger partial charge in [0.25, 0.3) is 0 Å². The van der Waals surface area contributed by atoms with Gasteiger partial charge in [0.2, 0.25) is 0 Å². The summed E-state index contributed by atoms with van der Waals surface area (Å²) in [6.45, 7) is 4.85. The van der Waals surface area contributed by atoms with Gasteiger partial charge < -0.3 is 29.7 Å². The lowest BCUT2D eigenvalue weighted by atomic mass is 9.97. The van der Waals surface area contributed by atoms with E-state index < -0.39 is 37.3 Å². The van der Waals surface area contributed by atoms with Crippen LogP contribution in [-0.2, 0) is 4.74 Å². The number of aliphatic hydroxyl groups is 4. The van der Waals surface area contributed by atoms with E-state index in [0.717, 1.165) is 11.1 Å². The van der Waals surface area contributed by atoms with Crippen molar-refractivity contribution in [3.63, 3.8) is 0 Å². The largest absolute Gasteiger partial charge is 0.394 e. The third-order valence-electron chi connectivity index (χ3n) is 4.51. The average Bonchev–Trinajstić information content (AvgIpc) is 2.53. The van der Waals surface area contributed by atoms with Gasteiger partial charge in [-0.25, -0.2) is 0 Å². The van der Waals surface area contributed by atoms with E-state index in [0.29, 0.717) is 11.3 Å². The lowest BCUT2D eigenvalue weighted by Gasteiger charge is -2.41. The molecule has 4 N–H and O–H groups in total. The van der Waals surface area contributed by atoms with Gasteiger partial charge in [-0.1, -0.05) is 12.2 Å². The van der Waals surface area contributed by atoms with E-state index in [4.69, 9.17) is 17.0 Å². The minimum atomic E-state index is -1.50. The summed E-state index contributed by atoms with van der Waals surface area (Å²) in [5.74, 6) is 0. The molecule has 0 amide bonds. The summed E-state index contributed by atoms with van der Waals surface area (Å²) < 4.78 is 7.18. The molecule has 126 valence electrons. The van der Waals surface area contributed by atoms with Gasteiger partial charge in [0.15, 0.2) is 6.23 Å². The Kier molecular flexibility index (Phi) is 5.20. The first-order valence-electron chi connectivity index (χ1n) is 7.19. The molecule has 7 nitrogen and oxygen atoms in total. The predicted molar refractivity (Wildman–Crippen MR) is 83.2 cm³/mol. The van der Waals surface area contributed by atoms with E-state index in [1.54, 1.807) is 13.8 Å². The van der Waals surface area contributed by atoms with Crippen molar-refractivity contribution < 1.29 is 25.2 Å². The van der Waals surface area contributed by atoms with Gasteiger partial charge in [-0.15, -0.1) is 0 Å². The van der Waals surface area contributed by atoms with Crippen LogP contribution in [0.4, 0.5) is 0 Å². The number of hydrogen-bond acceptors (Lipinski definition) is 7. The molecule has 0 aromatic carbocycles. The molecular weight excluding hydrogens is 320 g/mol. The summed E-state index contributed by atoms with van der Waals surface area (Å²) in [7, 11) is 0. The van der Waals surface area contributed by atoms with Crippen molar-refractivity contribution in [1.82, 2.24) is 4.57 Å². The average molecular weight is 340 g/mol. The van der Waals surface area contributed by atoms with Crippen LogP contribution in [0.2, 0.25) is 0 Å². The minimum Gasteiger partial charge on any atom is -0.394 e. The van der Waals surface area contributed by atoms with Gasteiger partial charge in [0.1, 0.15) is 35.1 Å². The van der Waals surface area contributed by atoms with E-state index in [-0.39, 0.29) is 4.64 Å². The topological polar surface area (TPSA) is 119 Å². The number of ether oxygens (including phenoxy) is 1. The fraction of sp³-hybridized carbons (Fsp3) is 0.600. The molecule has 1 aliphatic heterocycles. The molecule has 1 aromatic heterocycles. The maximum atomic E-state index is 10.3. The van der Waals surface area contributed by atoms with Crippen molar-refractivity contribution in [1.29, 1.82) is 5.26 Å². The summed E-state index contributed by atoms with van der Waals surface area (Å²) in [5, 5.41) is 48.8. The Labute approximate surface area is 139 Å². The smallest absolute Gasteiger partial charge is 0.164 e. The molecule has 1 aromatic rings. The van der Waals surface area contributed by atoms with Crippen LogP contribution in [0.15, 0.2) is 0 Å². The predicted octanol–water partition coefficient (Wildman–Crippen LogP) is -0.0131. The molecule has 23 heavy (non-hydrogen) atoms. The zero-order valence-corrected chi connectivity index (χ0v) is 13.9. The van der Waals surface area contributed by atoms with Crippen LogP contribution in [0.25, 0.3) is 0 Å². The van der Waals surface area contributed by atoms with Crippen LogP contribution < -0.4 is 0 Å². The first-order valence-corrected chi connectivity index (χ1v) is 7.60. The Morgan fingerprint density at radius 3 is 2.26 bits per heavy atom. The molecule has 0 unspecified atom stereocenters. The summed E-state index contributed by atoms with van der Waals surface area (Å²) in [6.07, 6.45) is -6.54. The summed E-state index contributed by atoms with van der Waals surface area (Å²) in [5.41, 5.74) is 2.53. The highest BCUT2D eigenvalue weighted by Crippen LogP contribution is 2.32. The Morgan fingerprint density at radius 2 is 1.74 bits per heavy atom. The molecule has 0 spiro atoms. The van der Waals surface area contributed by atoms with Gasteiger partial charge in [-0.3, -0.25) is 0 Å². The SMILES string of the molecule is Cc1c(C)c(C)n([C@@H]2O[C@H](CO)[C@@H](O)[C@@H](O)[C@H]2O)c(=S)c1C#N. The van der Waals surface area contributed by atoms with Gasteiger partial charge in [-0.05, 0) is 31.9 Å². The second-order valence-corrected chi connectivity index (χ2v) is 6.10. The number of hydrogen-bond donors (Lipinski definition) is 4. The molecule has 1 saturated heterocycles. The highest BCUT2D eigenvalue weighted by atomic mass is 32.1. The summed E-state index contributed by atoms with van der Waals surface area (Å²) in [4.78, 5) is 0. The van der Waals surface area contributed by atoms with Crippen LogP contribution >= 0.6 is 12.2 Å². The van der Waals surface area contributed by atoms with E-state index in [1.807, 2.05) is 13.0 Å². The molecule has 2 rings (SSSR count). The second-order valence-electron chi connectivity index (χ2n) is 5.72. The Hall–Kier alpha value is -1.34. The van der Waals surface area contributed by atoms with Crippen molar-refractivity contribution in [2.45, 2.75) is 51.4 Å². The van der Waals surface area contributed by atoms with E-state index >= 15 is 0 Å². The maximum Gasteiger partial charge on any atom is 0.164 e. The third kappa shape index (κ3) is 2.80.